The van der Waals surface area contributed by atoms with Crippen molar-refractivity contribution in [2.24, 2.45) is 0 Å². The molecular formula is C13H17NO5. The summed E-state index contributed by atoms with van der Waals surface area (Å²) >= 11 is 0. The summed E-state index contributed by atoms with van der Waals surface area (Å²) in [6.45, 7) is 2.33. The normalized spacial score (nSPS) is 10.0. The molecule has 0 saturated carbocycles. The van der Waals surface area contributed by atoms with Gasteiger partial charge in [-0.3, -0.25) is 9.59 Å². The molecule has 0 radical (unpaired) electrons. The maximum Gasteiger partial charge on any atom is 0.307 e. The monoisotopic (exact) mass is 267 g/mol. The fourth-order valence-corrected chi connectivity index (χ4v) is 1.61. The van der Waals surface area contributed by atoms with Crippen molar-refractivity contribution in [1.82, 2.24) is 4.90 Å². The first-order valence-electron chi connectivity index (χ1n) is 5.88. The van der Waals surface area contributed by atoms with E-state index >= 15 is 0 Å². The van der Waals surface area contributed by atoms with Gasteiger partial charge in [-0.2, -0.15) is 0 Å². The Morgan fingerprint density at radius 3 is 2.58 bits per heavy atom. The van der Waals surface area contributed by atoms with Gasteiger partial charge in [0.15, 0.2) is 11.5 Å². The van der Waals surface area contributed by atoms with Gasteiger partial charge in [-0.15, -0.1) is 0 Å². The Bertz CT molecular complexity index is 472. The number of carbonyl (C=O) groups is 2. The van der Waals surface area contributed by atoms with E-state index in [1.54, 1.807) is 6.92 Å². The zero-order valence-electron chi connectivity index (χ0n) is 10.9. The predicted molar refractivity (Wildman–Crippen MR) is 68.0 cm³/mol. The molecule has 0 saturated heterocycles. The van der Waals surface area contributed by atoms with Crippen molar-refractivity contribution in [2.45, 2.75) is 13.3 Å². The average Bonchev–Trinajstić information content (AvgIpc) is 2.41. The second-order valence-corrected chi connectivity index (χ2v) is 3.88. The lowest BCUT2D eigenvalue weighted by Gasteiger charge is -2.20. The highest BCUT2D eigenvalue weighted by atomic mass is 16.5. The number of hydrogen-bond donors (Lipinski definition) is 2. The van der Waals surface area contributed by atoms with Crippen molar-refractivity contribution in [3.8, 4) is 11.5 Å². The van der Waals surface area contributed by atoms with Gasteiger partial charge < -0.3 is 19.8 Å². The van der Waals surface area contributed by atoms with E-state index in [1.807, 2.05) is 0 Å². The number of hydrogen-bond acceptors (Lipinski definition) is 5. The summed E-state index contributed by atoms with van der Waals surface area (Å²) < 4.78 is 4.51. The van der Waals surface area contributed by atoms with Crippen LogP contribution in [0.5, 0.6) is 11.5 Å². The maximum atomic E-state index is 12.2. The van der Waals surface area contributed by atoms with E-state index in [4.69, 9.17) is 0 Å². The third-order valence-corrected chi connectivity index (χ3v) is 2.73. The lowest BCUT2D eigenvalue weighted by atomic mass is 10.1. The van der Waals surface area contributed by atoms with Crippen molar-refractivity contribution in [2.75, 3.05) is 20.2 Å². The summed E-state index contributed by atoms with van der Waals surface area (Å²) in [5.74, 6) is -1.66. The van der Waals surface area contributed by atoms with E-state index in [-0.39, 0.29) is 24.3 Å². The molecule has 0 aliphatic rings. The number of methoxy groups -OCH3 is 1. The Morgan fingerprint density at radius 2 is 2.00 bits per heavy atom. The molecule has 0 spiro atoms. The Morgan fingerprint density at radius 1 is 1.32 bits per heavy atom. The van der Waals surface area contributed by atoms with Crippen LogP contribution in [0.3, 0.4) is 0 Å². The molecule has 1 amide bonds. The van der Waals surface area contributed by atoms with Crippen LogP contribution in [0.2, 0.25) is 0 Å². The molecule has 6 nitrogen and oxygen atoms in total. The summed E-state index contributed by atoms with van der Waals surface area (Å²) in [5, 5.41) is 19.0. The number of rotatable bonds is 5. The zero-order valence-corrected chi connectivity index (χ0v) is 10.9. The fraction of sp³-hybridized carbons (Fsp3) is 0.385. The van der Waals surface area contributed by atoms with Crippen LogP contribution in [0, 0.1) is 0 Å². The van der Waals surface area contributed by atoms with Gasteiger partial charge in [-0.1, -0.05) is 6.07 Å². The van der Waals surface area contributed by atoms with Gasteiger partial charge in [0.1, 0.15) is 0 Å². The molecule has 0 aliphatic heterocycles. The van der Waals surface area contributed by atoms with Gasteiger partial charge in [-0.05, 0) is 19.1 Å². The van der Waals surface area contributed by atoms with Crippen molar-refractivity contribution >= 4 is 11.9 Å². The van der Waals surface area contributed by atoms with Gasteiger partial charge >= 0.3 is 5.97 Å². The third-order valence-electron chi connectivity index (χ3n) is 2.73. The quantitative estimate of drug-likeness (QED) is 0.616. The number of phenolic OH excluding ortho intramolecular Hbond substituents is 2. The first kappa shape index (κ1) is 14.8. The number of esters is 1. The second kappa shape index (κ2) is 6.63. The molecule has 0 fully saturated rings. The largest absolute Gasteiger partial charge is 0.504 e. The van der Waals surface area contributed by atoms with Crippen molar-refractivity contribution in [1.29, 1.82) is 0 Å². The highest BCUT2D eigenvalue weighted by Gasteiger charge is 2.20. The number of aromatic hydroxyl groups is 2. The van der Waals surface area contributed by atoms with Crippen LogP contribution in [0.25, 0.3) is 0 Å². The first-order valence-corrected chi connectivity index (χ1v) is 5.88. The summed E-state index contributed by atoms with van der Waals surface area (Å²) in [5.41, 5.74) is 0.00622. The predicted octanol–water partition coefficient (Wildman–Crippen LogP) is 1.12. The Kier molecular flexibility index (Phi) is 5.17. The SMILES string of the molecule is CCN(CCC(=O)OC)C(=O)c1cccc(O)c1O. The molecule has 1 rings (SSSR count). The molecule has 0 aliphatic carbocycles. The van der Waals surface area contributed by atoms with E-state index < -0.39 is 17.6 Å². The highest BCUT2D eigenvalue weighted by Crippen LogP contribution is 2.29. The summed E-state index contributed by atoms with van der Waals surface area (Å²) in [7, 11) is 1.28. The molecular weight excluding hydrogens is 250 g/mol. The van der Waals surface area contributed by atoms with Crippen LogP contribution in [-0.4, -0.2) is 47.2 Å². The van der Waals surface area contributed by atoms with Crippen molar-refractivity contribution in [3.63, 3.8) is 0 Å². The van der Waals surface area contributed by atoms with Gasteiger partial charge in [0, 0.05) is 13.1 Å². The molecule has 1 aromatic carbocycles. The van der Waals surface area contributed by atoms with Crippen LogP contribution in [0.15, 0.2) is 18.2 Å². The number of ether oxygens (including phenoxy) is 1. The minimum atomic E-state index is -0.455. The topological polar surface area (TPSA) is 87.1 Å². The molecule has 6 heteroatoms. The Hall–Kier alpha value is -2.24. The summed E-state index contributed by atoms with van der Waals surface area (Å²) in [6, 6.07) is 4.17. The number of benzene rings is 1. The second-order valence-electron chi connectivity index (χ2n) is 3.88. The number of carbonyl (C=O) groups excluding carboxylic acids is 2. The van der Waals surface area contributed by atoms with Crippen molar-refractivity contribution in [3.05, 3.63) is 23.8 Å². The van der Waals surface area contributed by atoms with E-state index in [9.17, 15) is 19.8 Å². The smallest absolute Gasteiger partial charge is 0.307 e. The number of nitrogens with zero attached hydrogens (tertiary/aromatic N) is 1. The van der Waals surface area contributed by atoms with Crippen LogP contribution >= 0.6 is 0 Å². The zero-order chi connectivity index (χ0) is 14.4. The van der Waals surface area contributed by atoms with Gasteiger partial charge in [0.2, 0.25) is 0 Å². The fourth-order valence-electron chi connectivity index (χ4n) is 1.61. The molecule has 2 N–H and O–H groups in total. The minimum absolute atomic E-state index is 0.00622. The van der Waals surface area contributed by atoms with Crippen LogP contribution in [0.1, 0.15) is 23.7 Å². The summed E-state index contributed by atoms with van der Waals surface area (Å²) in [6.07, 6.45) is 0.0790. The van der Waals surface area contributed by atoms with Gasteiger partial charge in [-0.25, -0.2) is 0 Å². The van der Waals surface area contributed by atoms with Gasteiger partial charge in [0.05, 0.1) is 19.1 Å². The van der Waals surface area contributed by atoms with Crippen molar-refractivity contribution < 1.29 is 24.5 Å². The van der Waals surface area contributed by atoms with E-state index in [0.717, 1.165) is 0 Å². The first-order chi connectivity index (χ1) is 9.01. The molecule has 0 aromatic heterocycles. The van der Waals surface area contributed by atoms with E-state index in [1.165, 1.54) is 30.2 Å². The standard InChI is InChI=1S/C13H17NO5/c1-3-14(8-7-11(16)19-2)13(18)9-5-4-6-10(15)12(9)17/h4-6,15,17H,3,7-8H2,1-2H3. The molecule has 19 heavy (non-hydrogen) atoms. The number of para-hydroxylation sites is 1. The van der Waals surface area contributed by atoms with E-state index in [2.05, 4.69) is 4.74 Å². The molecule has 0 atom stereocenters. The maximum absolute atomic E-state index is 12.2. The van der Waals surface area contributed by atoms with Crippen LogP contribution < -0.4 is 0 Å². The number of amides is 1. The van der Waals surface area contributed by atoms with Crippen LogP contribution in [-0.2, 0) is 9.53 Å². The highest BCUT2D eigenvalue weighted by molar-refractivity contribution is 5.97. The van der Waals surface area contributed by atoms with Gasteiger partial charge in [0.25, 0.3) is 5.91 Å². The Labute approximate surface area is 111 Å². The lowest BCUT2D eigenvalue weighted by Crippen LogP contribution is -2.33. The minimum Gasteiger partial charge on any atom is -0.504 e. The molecule has 0 heterocycles. The van der Waals surface area contributed by atoms with E-state index in [0.29, 0.717) is 6.54 Å². The Balaban J connectivity index is 2.84. The molecule has 0 unspecified atom stereocenters. The third kappa shape index (κ3) is 3.61. The average molecular weight is 267 g/mol. The summed E-state index contributed by atoms with van der Waals surface area (Å²) in [4.78, 5) is 24.6. The molecule has 104 valence electrons. The molecule has 0 bridgehead atoms. The molecule has 1 aromatic rings. The number of phenols is 2. The van der Waals surface area contributed by atoms with Crippen LogP contribution in [0.4, 0.5) is 0 Å². The lowest BCUT2D eigenvalue weighted by molar-refractivity contribution is -0.140.